The van der Waals surface area contributed by atoms with Crippen molar-refractivity contribution in [3.63, 3.8) is 0 Å². The maximum atomic E-state index is 5.86. The van der Waals surface area contributed by atoms with Crippen LogP contribution in [-0.4, -0.2) is 12.6 Å². The third-order valence-corrected chi connectivity index (χ3v) is 2.29. The molecule has 2 heteroatoms. The monoisotopic (exact) mass is 217 g/mol. The molecule has 0 fully saturated rings. The van der Waals surface area contributed by atoms with Crippen LogP contribution in [0.5, 0.6) is 0 Å². The number of hydrogen-bond donors (Lipinski definition) is 1. The van der Waals surface area contributed by atoms with Crippen molar-refractivity contribution in [2.24, 2.45) is 5.73 Å². The predicted octanol–water partition coefficient (Wildman–Crippen LogP) is 2.33. The van der Waals surface area contributed by atoms with E-state index in [0.717, 1.165) is 12.8 Å². The highest BCUT2D eigenvalue weighted by molar-refractivity contribution is 5.13. The summed E-state index contributed by atoms with van der Waals surface area (Å²) in [6, 6.07) is 10.3. The van der Waals surface area contributed by atoms with Crippen LogP contribution in [-0.2, 0) is 11.3 Å². The smallest absolute Gasteiger partial charge is 0.0716 e. The van der Waals surface area contributed by atoms with Crippen LogP contribution >= 0.6 is 0 Å². The minimum absolute atomic E-state index is 0.128. The van der Waals surface area contributed by atoms with Gasteiger partial charge in [-0.05, 0) is 18.9 Å². The Labute approximate surface area is 97.8 Å². The molecular weight excluding hydrogens is 198 g/mol. The van der Waals surface area contributed by atoms with Crippen molar-refractivity contribution in [1.82, 2.24) is 0 Å². The molecule has 1 rings (SSSR count). The van der Waals surface area contributed by atoms with Gasteiger partial charge in [0.25, 0.3) is 0 Å². The lowest BCUT2D eigenvalue weighted by Gasteiger charge is -2.08. The Balaban J connectivity index is 2.09. The summed E-state index contributed by atoms with van der Waals surface area (Å²) in [6.07, 6.45) is 1.62. The molecule has 1 unspecified atom stereocenters. The van der Waals surface area contributed by atoms with Crippen LogP contribution in [0.1, 0.15) is 25.3 Å². The van der Waals surface area contributed by atoms with Crippen LogP contribution in [0.15, 0.2) is 30.3 Å². The van der Waals surface area contributed by atoms with Gasteiger partial charge in [-0.2, -0.15) is 0 Å². The molecule has 0 aromatic heterocycles. The molecule has 0 heterocycles. The molecule has 0 aliphatic rings. The van der Waals surface area contributed by atoms with Crippen molar-refractivity contribution < 1.29 is 4.74 Å². The molecule has 0 saturated carbocycles. The van der Waals surface area contributed by atoms with Crippen molar-refractivity contribution in [3.05, 3.63) is 35.9 Å². The molecule has 1 aromatic rings. The van der Waals surface area contributed by atoms with Crippen molar-refractivity contribution in [2.45, 2.75) is 32.4 Å². The normalized spacial score (nSPS) is 11.6. The lowest BCUT2D eigenvalue weighted by molar-refractivity contribution is 0.114. The number of nitrogens with two attached hydrogens (primary N) is 1. The summed E-state index contributed by atoms with van der Waals surface area (Å²) in [7, 11) is 0. The first-order valence-electron chi connectivity index (χ1n) is 5.59. The van der Waals surface area contributed by atoms with Gasteiger partial charge in [-0.25, -0.2) is 0 Å². The quantitative estimate of drug-likeness (QED) is 0.586. The average Bonchev–Trinajstić information content (AvgIpc) is 2.33. The van der Waals surface area contributed by atoms with Crippen LogP contribution in [0.3, 0.4) is 0 Å². The van der Waals surface area contributed by atoms with Gasteiger partial charge < -0.3 is 10.5 Å². The predicted molar refractivity (Wildman–Crippen MR) is 66.8 cm³/mol. The summed E-state index contributed by atoms with van der Waals surface area (Å²) in [5.41, 5.74) is 7.06. The molecular formula is C14H19NO. The van der Waals surface area contributed by atoms with E-state index in [9.17, 15) is 0 Å². The number of hydrogen-bond acceptors (Lipinski definition) is 2. The van der Waals surface area contributed by atoms with Gasteiger partial charge in [-0.15, -0.1) is 11.8 Å². The van der Waals surface area contributed by atoms with Crippen LogP contribution in [0.25, 0.3) is 0 Å². The first kappa shape index (κ1) is 12.8. The number of benzene rings is 1. The van der Waals surface area contributed by atoms with E-state index >= 15 is 0 Å². The molecule has 0 saturated heterocycles. The fourth-order valence-electron chi connectivity index (χ4n) is 1.33. The minimum atomic E-state index is 0.128. The highest BCUT2D eigenvalue weighted by atomic mass is 16.5. The molecule has 0 bridgehead atoms. The Kier molecular flexibility index (Phi) is 6.32. The van der Waals surface area contributed by atoms with Gasteiger partial charge in [0.2, 0.25) is 0 Å². The average molecular weight is 217 g/mol. The summed E-state index contributed by atoms with van der Waals surface area (Å²) in [5, 5.41) is 0. The zero-order valence-electron chi connectivity index (χ0n) is 9.78. The standard InChI is InChI=1S/C14H19NO/c1-2-3-9-14(15)10-11-16-12-13-7-5-4-6-8-13/h4-8,14H,9-12,15H2,1H3. The van der Waals surface area contributed by atoms with Crippen molar-refractivity contribution in [1.29, 1.82) is 0 Å². The Hall–Kier alpha value is -1.30. The van der Waals surface area contributed by atoms with Crippen molar-refractivity contribution in [3.8, 4) is 11.8 Å². The van der Waals surface area contributed by atoms with E-state index in [1.165, 1.54) is 5.56 Å². The highest BCUT2D eigenvalue weighted by Gasteiger charge is 2.00. The summed E-state index contributed by atoms with van der Waals surface area (Å²) in [6.45, 7) is 3.19. The summed E-state index contributed by atoms with van der Waals surface area (Å²) >= 11 is 0. The van der Waals surface area contributed by atoms with Gasteiger partial charge in [0.15, 0.2) is 0 Å². The van der Waals surface area contributed by atoms with Crippen LogP contribution in [0.2, 0.25) is 0 Å². The fourth-order valence-corrected chi connectivity index (χ4v) is 1.33. The molecule has 0 spiro atoms. The first-order valence-corrected chi connectivity index (χ1v) is 5.59. The van der Waals surface area contributed by atoms with Gasteiger partial charge >= 0.3 is 0 Å². The van der Waals surface area contributed by atoms with E-state index in [-0.39, 0.29) is 6.04 Å². The van der Waals surface area contributed by atoms with Crippen LogP contribution in [0, 0.1) is 11.8 Å². The van der Waals surface area contributed by atoms with Gasteiger partial charge in [0.1, 0.15) is 0 Å². The molecule has 2 nitrogen and oxygen atoms in total. The lowest BCUT2D eigenvalue weighted by Crippen LogP contribution is -2.21. The van der Waals surface area contributed by atoms with Crippen molar-refractivity contribution >= 4 is 0 Å². The molecule has 1 aromatic carbocycles. The van der Waals surface area contributed by atoms with Gasteiger partial charge in [0.05, 0.1) is 6.61 Å². The van der Waals surface area contributed by atoms with E-state index in [1.807, 2.05) is 25.1 Å². The second-order valence-electron chi connectivity index (χ2n) is 3.72. The van der Waals surface area contributed by atoms with Crippen LogP contribution < -0.4 is 5.73 Å². The summed E-state index contributed by atoms with van der Waals surface area (Å²) < 4.78 is 5.54. The van der Waals surface area contributed by atoms with Crippen LogP contribution in [0.4, 0.5) is 0 Å². The van der Waals surface area contributed by atoms with Gasteiger partial charge in [-0.3, -0.25) is 0 Å². The summed E-state index contributed by atoms with van der Waals surface area (Å²) in [4.78, 5) is 0. The molecule has 86 valence electrons. The second kappa shape index (κ2) is 7.92. The van der Waals surface area contributed by atoms with E-state index in [1.54, 1.807) is 0 Å². The number of rotatable bonds is 6. The van der Waals surface area contributed by atoms with E-state index in [2.05, 4.69) is 24.0 Å². The molecule has 0 aliphatic heterocycles. The Morgan fingerprint density at radius 1 is 1.31 bits per heavy atom. The molecule has 16 heavy (non-hydrogen) atoms. The minimum Gasteiger partial charge on any atom is -0.377 e. The Bertz CT molecular complexity index is 337. The summed E-state index contributed by atoms with van der Waals surface area (Å²) in [5.74, 6) is 5.82. The molecule has 0 radical (unpaired) electrons. The van der Waals surface area contributed by atoms with Gasteiger partial charge in [-0.1, -0.05) is 30.3 Å². The molecule has 2 N–H and O–H groups in total. The maximum absolute atomic E-state index is 5.86. The SMILES string of the molecule is CC#CCC(N)CCOCc1ccccc1. The lowest BCUT2D eigenvalue weighted by atomic mass is 10.1. The molecule has 1 atom stereocenters. The zero-order valence-corrected chi connectivity index (χ0v) is 9.78. The maximum Gasteiger partial charge on any atom is 0.0716 e. The molecule has 0 amide bonds. The Morgan fingerprint density at radius 3 is 2.75 bits per heavy atom. The highest BCUT2D eigenvalue weighted by Crippen LogP contribution is 2.02. The number of ether oxygens (including phenoxy) is 1. The van der Waals surface area contributed by atoms with E-state index in [0.29, 0.717) is 13.2 Å². The third-order valence-electron chi connectivity index (χ3n) is 2.29. The first-order chi connectivity index (χ1) is 7.83. The third kappa shape index (κ3) is 5.55. The van der Waals surface area contributed by atoms with E-state index < -0.39 is 0 Å². The van der Waals surface area contributed by atoms with Crippen molar-refractivity contribution in [2.75, 3.05) is 6.61 Å². The second-order valence-corrected chi connectivity index (χ2v) is 3.72. The van der Waals surface area contributed by atoms with Gasteiger partial charge in [0, 0.05) is 19.1 Å². The molecule has 0 aliphatic carbocycles. The largest absolute Gasteiger partial charge is 0.377 e. The van der Waals surface area contributed by atoms with E-state index in [4.69, 9.17) is 10.5 Å². The zero-order chi connectivity index (χ0) is 11.6. The topological polar surface area (TPSA) is 35.2 Å². The Morgan fingerprint density at radius 2 is 2.06 bits per heavy atom. The fraction of sp³-hybridized carbons (Fsp3) is 0.429.